The van der Waals surface area contributed by atoms with Crippen molar-refractivity contribution in [1.29, 1.82) is 0 Å². The number of rotatable bonds is 6. The number of ether oxygens (including phenoxy) is 1. The average Bonchev–Trinajstić information content (AvgIpc) is 3.10. The summed E-state index contributed by atoms with van der Waals surface area (Å²) in [6.45, 7) is 4.06. The van der Waals surface area contributed by atoms with Gasteiger partial charge in [-0.15, -0.1) is 0 Å². The Bertz CT molecular complexity index is 1570. The van der Waals surface area contributed by atoms with Gasteiger partial charge < -0.3 is 25.8 Å². The average molecular weight is 589 g/mol. The van der Waals surface area contributed by atoms with Crippen molar-refractivity contribution in [3.8, 4) is 11.5 Å². The topological polar surface area (TPSA) is 120 Å². The maximum atomic E-state index is 13.9. The van der Waals surface area contributed by atoms with Gasteiger partial charge in [-0.2, -0.15) is 0 Å². The predicted octanol–water partition coefficient (Wildman–Crippen LogP) is 5.70. The van der Waals surface area contributed by atoms with Crippen molar-refractivity contribution < 1.29 is 24.2 Å². The van der Waals surface area contributed by atoms with E-state index in [4.69, 9.17) is 16.3 Å². The van der Waals surface area contributed by atoms with Gasteiger partial charge in [0, 0.05) is 29.8 Å². The van der Waals surface area contributed by atoms with Gasteiger partial charge in [0.05, 0.1) is 18.3 Å². The first-order valence-corrected chi connectivity index (χ1v) is 14.0. The van der Waals surface area contributed by atoms with Gasteiger partial charge >= 0.3 is 6.03 Å². The molecule has 1 aliphatic carbocycles. The smallest absolute Gasteiger partial charge is 0.323 e. The van der Waals surface area contributed by atoms with Crippen LogP contribution in [0.4, 0.5) is 16.2 Å². The number of anilines is 2. The highest BCUT2D eigenvalue weighted by Gasteiger charge is 2.44. The van der Waals surface area contributed by atoms with E-state index in [1.807, 2.05) is 44.2 Å². The van der Waals surface area contributed by atoms with Crippen LogP contribution in [0.25, 0.3) is 0 Å². The van der Waals surface area contributed by atoms with E-state index in [1.165, 1.54) is 18.0 Å². The van der Waals surface area contributed by atoms with E-state index in [0.717, 1.165) is 5.56 Å². The Morgan fingerprint density at radius 2 is 1.86 bits per heavy atom. The molecule has 5 rings (SSSR count). The molecule has 0 aromatic heterocycles. The molecule has 218 valence electrons. The summed E-state index contributed by atoms with van der Waals surface area (Å²) in [6, 6.07) is 18.1. The molecule has 1 atom stereocenters. The Morgan fingerprint density at radius 3 is 2.57 bits per heavy atom. The summed E-state index contributed by atoms with van der Waals surface area (Å²) in [7, 11) is 1.47. The number of benzene rings is 3. The Kier molecular flexibility index (Phi) is 8.13. The van der Waals surface area contributed by atoms with E-state index in [0.29, 0.717) is 46.3 Å². The number of hydrogen-bond acceptors (Lipinski definition) is 6. The standard InChI is InChI=1S/C32H33ClN4O5/c1-32(2)15-23-28(26(39)16-32)30(21-13-12-20(14-22(21)33)42-18-19-8-5-4-6-9-19)37(31(41)35-17-27(40)34-3)24-10-7-11-25(38)29(24)36-23/h4-14,30,36,38H,15-18H2,1-3H3,(H,34,40)(H,35,41). The molecule has 10 heteroatoms. The van der Waals surface area contributed by atoms with Crippen molar-refractivity contribution in [3.05, 3.63) is 94.1 Å². The number of hydrogen-bond donors (Lipinski definition) is 4. The molecule has 1 aliphatic heterocycles. The Balaban J connectivity index is 1.64. The van der Waals surface area contributed by atoms with Crippen LogP contribution in [0.15, 0.2) is 78.0 Å². The predicted molar refractivity (Wildman–Crippen MR) is 162 cm³/mol. The molecule has 3 aromatic rings. The van der Waals surface area contributed by atoms with Gasteiger partial charge in [0.15, 0.2) is 5.78 Å². The van der Waals surface area contributed by atoms with Crippen LogP contribution in [0.1, 0.15) is 43.9 Å². The maximum absolute atomic E-state index is 13.9. The van der Waals surface area contributed by atoms with Crippen LogP contribution in [-0.2, 0) is 16.2 Å². The first-order chi connectivity index (χ1) is 20.1. The van der Waals surface area contributed by atoms with Crippen molar-refractivity contribution in [2.24, 2.45) is 5.41 Å². The number of carbonyl (C=O) groups is 3. The quantitative estimate of drug-likeness (QED) is 0.274. The summed E-state index contributed by atoms with van der Waals surface area (Å²) in [4.78, 5) is 41.2. The molecule has 9 nitrogen and oxygen atoms in total. The molecule has 0 spiro atoms. The summed E-state index contributed by atoms with van der Waals surface area (Å²) in [5.74, 6) is -0.0954. The van der Waals surface area contributed by atoms with Crippen LogP contribution in [0.5, 0.6) is 11.5 Å². The largest absolute Gasteiger partial charge is 0.506 e. The zero-order valence-corrected chi connectivity index (χ0v) is 24.4. The van der Waals surface area contributed by atoms with Crippen LogP contribution in [0, 0.1) is 5.41 Å². The second-order valence-electron chi connectivity index (χ2n) is 11.2. The molecule has 4 N–H and O–H groups in total. The Labute approximate surface area is 249 Å². The lowest BCUT2D eigenvalue weighted by Gasteiger charge is -2.37. The summed E-state index contributed by atoms with van der Waals surface area (Å²) in [5, 5.41) is 19.6. The van der Waals surface area contributed by atoms with Crippen LogP contribution < -0.4 is 25.6 Å². The minimum atomic E-state index is -0.959. The first kappa shape index (κ1) is 29.0. The fraction of sp³-hybridized carbons (Fsp3) is 0.281. The first-order valence-electron chi connectivity index (χ1n) is 13.7. The second kappa shape index (κ2) is 11.8. The van der Waals surface area contributed by atoms with Gasteiger partial charge in [0.25, 0.3) is 0 Å². The number of phenolic OH excluding ortho intramolecular Hbond substituents is 1. The van der Waals surface area contributed by atoms with Crippen LogP contribution in [0.3, 0.4) is 0 Å². The lowest BCUT2D eigenvalue weighted by atomic mass is 9.73. The molecule has 0 saturated carbocycles. The zero-order valence-electron chi connectivity index (χ0n) is 23.7. The molecular weight excluding hydrogens is 556 g/mol. The van der Waals surface area contributed by atoms with Crippen molar-refractivity contribution >= 4 is 40.7 Å². The van der Waals surface area contributed by atoms with E-state index >= 15 is 0 Å². The number of ketones is 1. The number of nitrogens with one attached hydrogen (secondary N) is 3. The molecule has 0 saturated heterocycles. The number of amides is 3. The highest BCUT2D eigenvalue weighted by Crippen LogP contribution is 2.51. The van der Waals surface area contributed by atoms with Gasteiger partial charge in [-0.3, -0.25) is 14.5 Å². The van der Waals surface area contributed by atoms with Crippen LogP contribution in [-0.4, -0.2) is 36.4 Å². The molecule has 3 amide bonds. The van der Waals surface area contributed by atoms with Crippen molar-refractivity contribution in [2.45, 2.75) is 39.3 Å². The lowest BCUT2D eigenvalue weighted by molar-refractivity contribution is -0.120. The molecule has 3 aromatic carbocycles. The number of Topliss-reactive ketones (excluding diaryl/α,β-unsaturated/α-hetero) is 1. The molecule has 0 radical (unpaired) electrons. The highest BCUT2D eigenvalue weighted by molar-refractivity contribution is 6.31. The third-order valence-electron chi connectivity index (χ3n) is 7.42. The maximum Gasteiger partial charge on any atom is 0.323 e. The van der Waals surface area contributed by atoms with Crippen LogP contribution >= 0.6 is 11.6 Å². The van der Waals surface area contributed by atoms with Gasteiger partial charge in [0.2, 0.25) is 5.91 Å². The number of fused-ring (bicyclic) bond motifs is 1. The number of carbonyl (C=O) groups excluding carboxylic acids is 3. The molecule has 1 unspecified atom stereocenters. The number of allylic oxidation sites excluding steroid dienone is 1. The number of likely N-dealkylation sites (N-methyl/N-ethyl adjacent to an activating group) is 1. The molecule has 2 aliphatic rings. The van der Waals surface area contributed by atoms with Crippen molar-refractivity contribution in [2.75, 3.05) is 23.8 Å². The summed E-state index contributed by atoms with van der Waals surface area (Å²) in [5.41, 5.74) is 2.73. The third-order valence-corrected chi connectivity index (χ3v) is 7.75. The molecule has 0 bridgehead atoms. The van der Waals surface area contributed by atoms with Gasteiger partial charge in [0.1, 0.15) is 23.8 Å². The van der Waals surface area contributed by atoms with E-state index in [1.54, 1.807) is 30.3 Å². The summed E-state index contributed by atoms with van der Waals surface area (Å²) in [6.07, 6.45) is 0.762. The number of urea groups is 1. The third kappa shape index (κ3) is 5.92. The van der Waals surface area contributed by atoms with E-state index < -0.39 is 18.0 Å². The molecule has 42 heavy (non-hydrogen) atoms. The van der Waals surface area contributed by atoms with E-state index in [2.05, 4.69) is 16.0 Å². The van der Waals surface area contributed by atoms with Gasteiger partial charge in [-0.1, -0.05) is 67.9 Å². The number of phenols is 1. The van der Waals surface area contributed by atoms with E-state index in [-0.39, 0.29) is 35.6 Å². The number of para-hydroxylation sites is 1. The number of aromatic hydroxyl groups is 1. The Morgan fingerprint density at radius 1 is 1.10 bits per heavy atom. The fourth-order valence-corrected chi connectivity index (χ4v) is 5.72. The molecule has 0 fully saturated rings. The van der Waals surface area contributed by atoms with E-state index in [9.17, 15) is 19.5 Å². The highest BCUT2D eigenvalue weighted by atomic mass is 35.5. The normalized spacial score (nSPS) is 17.4. The van der Waals surface area contributed by atoms with Crippen LogP contribution in [0.2, 0.25) is 5.02 Å². The molecular formula is C32H33ClN4O5. The van der Waals surface area contributed by atoms with Crippen molar-refractivity contribution in [3.63, 3.8) is 0 Å². The zero-order chi connectivity index (χ0) is 30.0. The minimum Gasteiger partial charge on any atom is -0.506 e. The lowest BCUT2D eigenvalue weighted by Crippen LogP contribution is -2.47. The Hall–Kier alpha value is -4.50. The fourth-order valence-electron chi connectivity index (χ4n) is 5.45. The van der Waals surface area contributed by atoms with Gasteiger partial charge in [-0.25, -0.2) is 4.79 Å². The summed E-state index contributed by atoms with van der Waals surface area (Å²) >= 11 is 6.90. The monoisotopic (exact) mass is 588 g/mol. The minimum absolute atomic E-state index is 0.0873. The number of halogens is 1. The summed E-state index contributed by atoms with van der Waals surface area (Å²) < 4.78 is 5.97. The SMILES string of the molecule is CNC(=O)CNC(=O)N1c2cccc(O)c2NC2=C(C(=O)CC(C)(C)C2)C1c1ccc(OCc2ccccc2)cc1Cl. The van der Waals surface area contributed by atoms with Crippen molar-refractivity contribution in [1.82, 2.24) is 10.6 Å². The second-order valence-corrected chi connectivity index (χ2v) is 11.6. The van der Waals surface area contributed by atoms with Gasteiger partial charge in [-0.05, 0) is 47.2 Å². The number of nitrogens with zero attached hydrogens (tertiary/aromatic N) is 1. The molecule has 1 heterocycles.